The number of hydrogen-bond donors (Lipinski definition) is 3. The molecule has 0 fully saturated rings. The van der Waals surface area contributed by atoms with Crippen molar-refractivity contribution in [2.75, 3.05) is 13.7 Å². The molecule has 2 atom stereocenters. The maximum atomic E-state index is 13.8. The number of H-pyrrole nitrogens is 1. The molecule has 2 aromatic rings. The monoisotopic (exact) mass is 367 g/mol. The van der Waals surface area contributed by atoms with Crippen molar-refractivity contribution >= 4 is 16.7 Å². The molecule has 7 nitrogen and oxygen atoms in total. The minimum Gasteiger partial charge on any atom is -0.373 e. The summed E-state index contributed by atoms with van der Waals surface area (Å²) in [6.07, 6.45) is -0.0111. The highest BCUT2D eigenvalue weighted by atomic mass is 19.2. The van der Waals surface area contributed by atoms with E-state index in [2.05, 4.69) is 4.98 Å². The topological polar surface area (TPSA) is 109 Å². The van der Waals surface area contributed by atoms with E-state index in [4.69, 9.17) is 10.5 Å². The minimum absolute atomic E-state index is 0.0111. The van der Waals surface area contributed by atoms with Crippen LogP contribution in [-0.2, 0) is 16.1 Å². The van der Waals surface area contributed by atoms with Crippen molar-refractivity contribution in [2.45, 2.75) is 31.7 Å². The van der Waals surface area contributed by atoms with Crippen LogP contribution in [-0.4, -0.2) is 40.3 Å². The molecule has 140 valence electrons. The number of rotatable bonds is 3. The van der Waals surface area contributed by atoms with Crippen LogP contribution < -0.4 is 11.3 Å². The summed E-state index contributed by atoms with van der Waals surface area (Å²) in [5.74, 6) is -2.99. The number of nitrogens with zero attached hydrogens (tertiary/aromatic N) is 1. The number of carbonyl (C=O) groups is 1. The highest BCUT2D eigenvalue weighted by Crippen LogP contribution is 2.34. The molecule has 4 N–H and O–H groups in total. The summed E-state index contributed by atoms with van der Waals surface area (Å²) in [5.41, 5.74) is 3.77. The van der Waals surface area contributed by atoms with Gasteiger partial charge in [0.15, 0.2) is 17.4 Å². The quantitative estimate of drug-likeness (QED) is 0.699. The first-order chi connectivity index (χ1) is 12.2. The SMILES string of the molecule is CC[C@@](N)(O)C(=O)N(C)[C@@H]1COCc2[nH]c(=O)c3cc(F)c(F)cc3c21. The Morgan fingerprint density at radius 3 is 2.65 bits per heavy atom. The first-order valence-corrected chi connectivity index (χ1v) is 8.07. The number of pyridine rings is 1. The van der Waals surface area contributed by atoms with Crippen LogP contribution in [0.2, 0.25) is 0 Å². The second-order valence-electron chi connectivity index (χ2n) is 6.38. The standard InChI is InChI=1S/C17H19F2N3O4/c1-3-17(20,25)16(24)22(2)13-7-26-6-12-14(13)8-4-10(18)11(19)5-9(8)15(23)21-12/h4-5,13,25H,3,6-7,20H2,1-2H3,(H,21,23)/t13-,17-/m1/s1. The van der Waals surface area contributed by atoms with E-state index in [1.54, 1.807) is 6.92 Å². The van der Waals surface area contributed by atoms with E-state index in [-0.39, 0.29) is 30.4 Å². The van der Waals surface area contributed by atoms with Crippen LogP contribution in [0.25, 0.3) is 10.8 Å². The number of nitrogens with two attached hydrogens (primary N) is 1. The summed E-state index contributed by atoms with van der Waals surface area (Å²) in [6, 6.07) is 1.02. The molecule has 1 aliphatic rings. The van der Waals surface area contributed by atoms with E-state index < -0.39 is 34.9 Å². The Morgan fingerprint density at radius 1 is 1.42 bits per heavy atom. The molecule has 0 aliphatic carbocycles. The predicted octanol–water partition coefficient (Wildman–Crippen LogP) is 0.893. The molecule has 0 spiro atoms. The third-order valence-electron chi connectivity index (χ3n) is 4.74. The molecule has 9 heteroatoms. The summed E-state index contributed by atoms with van der Waals surface area (Å²) in [6.45, 7) is 1.66. The number of carbonyl (C=O) groups excluding carboxylic acids is 1. The Bertz CT molecular complexity index is 942. The third kappa shape index (κ3) is 2.87. The van der Waals surface area contributed by atoms with Crippen LogP contribution in [0.1, 0.15) is 30.6 Å². The largest absolute Gasteiger partial charge is 0.373 e. The Balaban J connectivity index is 2.20. The van der Waals surface area contributed by atoms with Gasteiger partial charge in [0.25, 0.3) is 11.5 Å². The lowest BCUT2D eigenvalue weighted by atomic mass is 9.94. The molecule has 0 radical (unpaired) electrons. The molecule has 1 aromatic heterocycles. The molecular formula is C17H19F2N3O4. The second kappa shape index (κ2) is 6.42. The normalized spacial score (nSPS) is 19.1. The van der Waals surface area contributed by atoms with Crippen LogP contribution >= 0.6 is 0 Å². The van der Waals surface area contributed by atoms with Gasteiger partial charge in [-0.25, -0.2) is 8.78 Å². The maximum absolute atomic E-state index is 13.8. The number of aromatic nitrogens is 1. The summed E-state index contributed by atoms with van der Waals surface area (Å²) < 4.78 is 32.8. The van der Waals surface area contributed by atoms with Crippen molar-refractivity contribution in [3.8, 4) is 0 Å². The average molecular weight is 367 g/mol. The van der Waals surface area contributed by atoms with E-state index in [9.17, 15) is 23.5 Å². The molecule has 0 saturated carbocycles. The Hall–Kier alpha value is -2.36. The van der Waals surface area contributed by atoms with Crippen molar-refractivity contribution < 1.29 is 23.4 Å². The number of amides is 1. The molecule has 1 aliphatic heterocycles. The lowest BCUT2D eigenvalue weighted by Gasteiger charge is -2.36. The van der Waals surface area contributed by atoms with Crippen LogP contribution in [0.3, 0.4) is 0 Å². The minimum atomic E-state index is -2.07. The Morgan fingerprint density at radius 2 is 2.04 bits per heavy atom. The molecular weight excluding hydrogens is 348 g/mol. The predicted molar refractivity (Wildman–Crippen MR) is 89.1 cm³/mol. The number of hydrogen-bond acceptors (Lipinski definition) is 5. The van der Waals surface area contributed by atoms with Crippen LogP contribution in [0.15, 0.2) is 16.9 Å². The average Bonchev–Trinajstić information content (AvgIpc) is 2.61. The second-order valence-corrected chi connectivity index (χ2v) is 6.38. The van der Waals surface area contributed by atoms with Gasteiger partial charge in [-0.1, -0.05) is 6.92 Å². The van der Waals surface area contributed by atoms with Crippen molar-refractivity contribution in [3.05, 3.63) is 45.4 Å². The fraction of sp³-hybridized carbons (Fsp3) is 0.412. The van der Waals surface area contributed by atoms with Gasteiger partial charge in [-0.3, -0.25) is 15.3 Å². The number of halogens is 2. The van der Waals surface area contributed by atoms with Gasteiger partial charge in [-0.05, 0) is 23.9 Å². The zero-order valence-corrected chi connectivity index (χ0v) is 14.3. The smallest absolute Gasteiger partial charge is 0.269 e. The zero-order chi connectivity index (χ0) is 19.2. The summed E-state index contributed by atoms with van der Waals surface area (Å²) >= 11 is 0. The molecule has 1 aromatic carbocycles. The number of ether oxygens (including phenoxy) is 1. The molecule has 0 unspecified atom stereocenters. The molecule has 0 saturated heterocycles. The van der Waals surface area contributed by atoms with Gasteiger partial charge in [0.1, 0.15) is 0 Å². The van der Waals surface area contributed by atoms with Crippen molar-refractivity contribution in [1.82, 2.24) is 9.88 Å². The highest BCUT2D eigenvalue weighted by Gasteiger charge is 2.38. The van der Waals surface area contributed by atoms with E-state index in [0.29, 0.717) is 11.3 Å². The number of likely N-dealkylation sites (N-methyl/N-ethyl adjacent to an activating group) is 1. The van der Waals surface area contributed by atoms with Crippen molar-refractivity contribution in [3.63, 3.8) is 0 Å². The van der Waals surface area contributed by atoms with Gasteiger partial charge < -0.3 is 19.7 Å². The first-order valence-electron chi connectivity index (χ1n) is 8.07. The molecule has 0 bridgehead atoms. The molecule has 1 amide bonds. The lowest BCUT2D eigenvalue weighted by molar-refractivity contribution is -0.154. The van der Waals surface area contributed by atoms with Gasteiger partial charge >= 0.3 is 0 Å². The van der Waals surface area contributed by atoms with E-state index >= 15 is 0 Å². The zero-order valence-electron chi connectivity index (χ0n) is 14.3. The van der Waals surface area contributed by atoms with E-state index in [1.165, 1.54) is 11.9 Å². The van der Waals surface area contributed by atoms with Crippen LogP contribution in [0.4, 0.5) is 8.78 Å². The number of aromatic amines is 1. The fourth-order valence-electron chi connectivity index (χ4n) is 3.15. The van der Waals surface area contributed by atoms with E-state index in [1.807, 2.05) is 0 Å². The summed E-state index contributed by atoms with van der Waals surface area (Å²) in [7, 11) is 1.43. The van der Waals surface area contributed by atoms with Gasteiger partial charge in [0.05, 0.1) is 24.6 Å². The van der Waals surface area contributed by atoms with Gasteiger partial charge in [0, 0.05) is 18.3 Å². The van der Waals surface area contributed by atoms with Crippen molar-refractivity contribution in [1.29, 1.82) is 0 Å². The van der Waals surface area contributed by atoms with Gasteiger partial charge in [-0.15, -0.1) is 0 Å². The number of aliphatic hydroxyl groups is 1. The summed E-state index contributed by atoms with van der Waals surface area (Å²) in [4.78, 5) is 28.5. The summed E-state index contributed by atoms with van der Waals surface area (Å²) in [5, 5.41) is 10.2. The number of benzene rings is 1. The maximum Gasteiger partial charge on any atom is 0.269 e. The van der Waals surface area contributed by atoms with E-state index in [0.717, 1.165) is 12.1 Å². The van der Waals surface area contributed by atoms with Gasteiger partial charge in [-0.2, -0.15) is 0 Å². The lowest BCUT2D eigenvalue weighted by Crippen LogP contribution is -2.55. The first kappa shape index (κ1) is 18.4. The molecule has 26 heavy (non-hydrogen) atoms. The van der Waals surface area contributed by atoms with Crippen molar-refractivity contribution in [2.24, 2.45) is 5.73 Å². The number of nitrogens with one attached hydrogen (secondary N) is 1. The Kier molecular flexibility index (Phi) is 4.55. The number of fused-ring (bicyclic) bond motifs is 3. The highest BCUT2D eigenvalue weighted by molar-refractivity contribution is 5.88. The molecule has 2 heterocycles. The van der Waals surface area contributed by atoms with Crippen LogP contribution in [0, 0.1) is 11.6 Å². The van der Waals surface area contributed by atoms with Gasteiger partial charge in [0.2, 0.25) is 0 Å². The third-order valence-corrected chi connectivity index (χ3v) is 4.74. The Labute approximate surface area is 147 Å². The van der Waals surface area contributed by atoms with Crippen LogP contribution in [0.5, 0.6) is 0 Å². The fourth-order valence-corrected chi connectivity index (χ4v) is 3.15. The molecule has 3 rings (SSSR count).